The number of urea groups is 1. The molecule has 3 N–H and O–H groups in total. The van der Waals surface area contributed by atoms with Gasteiger partial charge in [-0.2, -0.15) is 0 Å². The lowest BCUT2D eigenvalue weighted by Crippen LogP contribution is -2.49. The maximum absolute atomic E-state index is 11.0. The zero-order valence-electron chi connectivity index (χ0n) is 8.30. The van der Waals surface area contributed by atoms with E-state index in [9.17, 15) is 9.59 Å². The summed E-state index contributed by atoms with van der Waals surface area (Å²) in [5.41, 5.74) is -0.703. The fraction of sp³-hybridized carbons (Fsp3) is 0.778. The van der Waals surface area contributed by atoms with Crippen LogP contribution in [0.1, 0.15) is 26.2 Å². The first-order valence-electron chi connectivity index (χ1n) is 4.86. The van der Waals surface area contributed by atoms with Crippen molar-refractivity contribution in [2.45, 2.75) is 26.2 Å². The summed E-state index contributed by atoms with van der Waals surface area (Å²) in [6, 6.07) is -0.292. The number of amides is 2. The van der Waals surface area contributed by atoms with Crippen molar-refractivity contribution in [3.63, 3.8) is 0 Å². The first-order valence-corrected chi connectivity index (χ1v) is 4.86. The number of hydrogen-bond donors (Lipinski definition) is 3. The van der Waals surface area contributed by atoms with Crippen LogP contribution in [-0.4, -0.2) is 30.2 Å². The number of nitrogens with one attached hydrogen (secondary N) is 2. The standard InChI is InChI=1S/C9H16N2O3/c1-2-10-8(14)11-6-9(7(12)13)4-3-5-9/h2-6H2,1H3,(H,12,13)(H2,10,11,14). The maximum atomic E-state index is 11.0. The van der Waals surface area contributed by atoms with Gasteiger partial charge in [-0.15, -0.1) is 0 Å². The van der Waals surface area contributed by atoms with Crippen molar-refractivity contribution >= 4 is 12.0 Å². The van der Waals surface area contributed by atoms with Gasteiger partial charge in [-0.05, 0) is 19.8 Å². The highest BCUT2D eigenvalue weighted by atomic mass is 16.4. The Morgan fingerprint density at radius 3 is 2.36 bits per heavy atom. The molecule has 1 aliphatic rings. The van der Waals surface area contributed by atoms with Gasteiger partial charge >= 0.3 is 12.0 Å². The summed E-state index contributed by atoms with van der Waals surface area (Å²) in [5, 5.41) is 14.1. The Labute approximate surface area is 82.9 Å². The summed E-state index contributed by atoms with van der Waals surface area (Å²) >= 11 is 0. The quantitative estimate of drug-likeness (QED) is 0.620. The fourth-order valence-corrected chi connectivity index (χ4v) is 1.54. The average molecular weight is 200 g/mol. The molecule has 0 bridgehead atoms. The van der Waals surface area contributed by atoms with Crippen molar-refractivity contribution in [3.8, 4) is 0 Å². The average Bonchev–Trinajstić information content (AvgIpc) is 2.02. The molecule has 0 aromatic carbocycles. The van der Waals surface area contributed by atoms with E-state index in [2.05, 4.69) is 10.6 Å². The van der Waals surface area contributed by atoms with Gasteiger partial charge in [0.25, 0.3) is 0 Å². The van der Waals surface area contributed by atoms with E-state index in [4.69, 9.17) is 5.11 Å². The Bertz CT molecular complexity index is 236. The summed E-state index contributed by atoms with van der Waals surface area (Å²) < 4.78 is 0. The molecule has 1 saturated carbocycles. The van der Waals surface area contributed by atoms with Gasteiger partial charge in [-0.3, -0.25) is 4.79 Å². The van der Waals surface area contributed by atoms with Gasteiger partial charge in [0, 0.05) is 13.1 Å². The van der Waals surface area contributed by atoms with Gasteiger partial charge in [0.1, 0.15) is 0 Å². The highest BCUT2D eigenvalue weighted by Gasteiger charge is 2.44. The van der Waals surface area contributed by atoms with Gasteiger partial charge in [0.05, 0.1) is 5.41 Å². The number of hydrogen-bond acceptors (Lipinski definition) is 2. The minimum absolute atomic E-state index is 0.230. The molecule has 1 fully saturated rings. The molecule has 0 saturated heterocycles. The van der Waals surface area contributed by atoms with Gasteiger partial charge < -0.3 is 15.7 Å². The largest absolute Gasteiger partial charge is 0.481 e. The second-order valence-electron chi connectivity index (χ2n) is 3.65. The molecule has 0 aromatic heterocycles. The van der Waals surface area contributed by atoms with Gasteiger partial charge in [-0.1, -0.05) is 6.42 Å². The van der Waals surface area contributed by atoms with E-state index in [1.165, 1.54) is 0 Å². The number of carboxylic acids is 1. The van der Waals surface area contributed by atoms with Crippen molar-refractivity contribution in [3.05, 3.63) is 0 Å². The molecule has 2 amide bonds. The topological polar surface area (TPSA) is 78.4 Å². The van der Waals surface area contributed by atoms with E-state index in [0.29, 0.717) is 19.4 Å². The van der Waals surface area contributed by atoms with Crippen LogP contribution in [0.25, 0.3) is 0 Å². The van der Waals surface area contributed by atoms with Crippen molar-refractivity contribution < 1.29 is 14.7 Å². The second-order valence-corrected chi connectivity index (χ2v) is 3.65. The third-order valence-electron chi connectivity index (χ3n) is 2.69. The molecule has 0 spiro atoms. The summed E-state index contributed by atoms with van der Waals surface area (Å²) in [5.74, 6) is -0.805. The predicted molar refractivity (Wildman–Crippen MR) is 51.0 cm³/mol. The summed E-state index contributed by atoms with van der Waals surface area (Å²) in [6.07, 6.45) is 2.26. The summed E-state index contributed by atoms with van der Waals surface area (Å²) in [7, 11) is 0. The van der Waals surface area contributed by atoms with Gasteiger partial charge in [-0.25, -0.2) is 4.79 Å². The van der Waals surface area contributed by atoms with Gasteiger partial charge in [0.2, 0.25) is 0 Å². The van der Waals surface area contributed by atoms with Crippen LogP contribution in [0.3, 0.4) is 0 Å². The monoisotopic (exact) mass is 200 g/mol. The van der Waals surface area contributed by atoms with E-state index in [0.717, 1.165) is 6.42 Å². The zero-order valence-corrected chi connectivity index (χ0v) is 8.30. The van der Waals surface area contributed by atoms with E-state index < -0.39 is 11.4 Å². The molecule has 0 aliphatic heterocycles. The smallest absolute Gasteiger partial charge is 0.314 e. The lowest BCUT2D eigenvalue weighted by atomic mass is 9.69. The Morgan fingerprint density at radius 2 is 2.00 bits per heavy atom. The minimum Gasteiger partial charge on any atom is -0.481 e. The molecular weight excluding hydrogens is 184 g/mol. The van der Waals surface area contributed by atoms with E-state index in [1.807, 2.05) is 6.92 Å². The van der Waals surface area contributed by atoms with Crippen LogP contribution in [-0.2, 0) is 4.79 Å². The molecule has 5 heteroatoms. The SMILES string of the molecule is CCNC(=O)NCC1(C(=O)O)CCC1. The van der Waals surface area contributed by atoms with Crippen LogP contribution in [0.4, 0.5) is 4.79 Å². The van der Waals surface area contributed by atoms with E-state index in [-0.39, 0.29) is 12.6 Å². The third-order valence-corrected chi connectivity index (χ3v) is 2.69. The van der Waals surface area contributed by atoms with Crippen LogP contribution in [0.15, 0.2) is 0 Å². The molecule has 0 heterocycles. The zero-order chi connectivity index (χ0) is 10.6. The summed E-state index contributed by atoms with van der Waals surface area (Å²) in [4.78, 5) is 21.9. The Balaban J connectivity index is 2.35. The first-order chi connectivity index (χ1) is 6.60. The lowest BCUT2D eigenvalue weighted by Gasteiger charge is -2.37. The number of aliphatic carboxylic acids is 1. The summed E-state index contributed by atoms with van der Waals surface area (Å²) in [6.45, 7) is 2.59. The molecule has 14 heavy (non-hydrogen) atoms. The van der Waals surface area contributed by atoms with Crippen molar-refractivity contribution in [1.29, 1.82) is 0 Å². The molecule has 5 nitrogen and oxygen atoms in total. The molecule has 0 unspecified atom stereocenters. The van der Waals surface area contributed by atoms with Crippen LogP contribution in [0.2, 0.25) is 0 Å². The van der Waals surface area contributed by atoms with Crippen LogP contribution < -0.4 is 10.6 Å². The van der Waals surface area contributed by atoms with Crippen LogP contribution >= 0.6 is 0 Å². The Hall–Kier alpha value is -1.26. The van der Waals surface area contributed by atoms with E-state index in [1.54, 1.807) is 0 Å². The molecular formula is C9H16N2O3. The van der Waals surface area contributed by atoms with Crippen molar-refractivity contribution in [1.82, 2.24) is 10.6 Å². The molecule has 1 rings (SSSR count). The fourth-order valence-electron chi connectivity index (χ4n) is 1.54. The van der Waals surface area contributed by atoms with Crippen LogP contribution in [0.5, 0.6) is 0 Å². The first kappa shape index (κ1) is 10.8. The lowest BCUT2D eigenvalue weighted by molar-refractivity contribution is -0.153. The van der Waals surface area contributed by atoms with Gasteiger partial charge in [0.15, 0.2) is 0 Å². The normalized spacial score (nSPS) is 18.1. The highest BCUT2D eigenvalue weighted by molar-refractivity contribution is 5.78. The third kappa shape index (κ3) is 2.16. The molecule has 0 atom stereocenters. The maximum Gasteiger partial charge on any atom is 0.314 e. The van der Waals surface area contributed by atoms with E-state index >= 15 is 0 Å². The molecule has 0 radical (unpaired) electrons. The molecule has 0 aromatic rings. The second kappa shape index (κ2) is 4.30. The number of rotatable bonds is 4. The number of carbonyl (C=O) groups excluding carboxylic acids is 1. The predicted octanol–water partition coefficient (Wildman–Crippen LogP) is 0.560. The molecule has 80 valence electrons. The van der Waals surface area contributed by atoms with Crippen LogP contribution in [0, 0.1) is 5.41 Å². The van der Waals surface area contributed by atoms with Crippen molar-refractivity contribution in [2.24, 2.45) is 5.41 Å². The Kier molecular flexibility index (Phi) is 3.33. The minimum atomic E-state index is -0.805. The number of carboxylic acid groups (broad SMARTS) is 1. The molecule has 1 aliphatic carbocycles. The highest BCUT2D eigenvalue weighted by Crippen LogP contribution is 2.40. The number of carbonyl (C=O) groups is 2. The Morgan fingerprint density at radius 1 is 1.36 bits per heavy atom. The van der Waals surface area contributed by atoms with Crippen molar-refractivity contribution in [2.75, 3.05) is 13.1 Å².